The van der Waals surface area contributed by atoms with Crippen LogP contribution in [0.5, 0.6) is 0 Å². The zero-order chi connectivity index (χ0) is 14.4. The Morgan fingerprint density at radius 1 is 1.05 bits per heavy atom. The Kier molecular flexibility index (Phi) is 5.54. The van der Waals surface area contributed by atoms with Gasteiger partial charge in [0.05, 0.1) is 0 Å². The topological polar surface area (TPSA) is 17.1 Å². The fraction of sp³-hybridized carbons (Fsp3) is 0.278. The van der Waals surface area contributed by atoms with Crippen LogP contribution < -0.4 is 0 Å². The lowest BCUT2D eigenvalue weighted by molar-refractivity contribution is 0.0912. The van der Waals surface area contributed by atoms with Gasteiger partial charge in [0.15, 0.2) is 5.78 Å². The summed E-state index contributed by atoms with van der Waals surface area (Å²) in [5.41, 5.74) is 2.04. The van der Waals surface area contributed by atoms with Crippen molar-refractivity contribution in [3.05, 3.63) is 70.2 Å². The Hall–Kier alpha value is -1.41. The molecule has 0 radical (unpaired) electrons. The predicted octanol–water partition coefficient (Wildman–Crippen LogP) is 5.29. The third kappa shape index (κ3) is 4.04. The number of rotatable bonds is 6. The highest BCUT2D eigenvalue weighted by Gasteiger charge is 2.19. The number of benzene rings is 2. The van der Waals surface area contributed by atoms with Crippen molar-refractivity contribution in [1.29, 1.82) is 0 Å². The van der Waals surface area contributed by atoms with Crippen molar-refractivity contribution in [3.8, 4) is 0 Å². The van der Waals surface area contributed by atoms with Crippen LogP contribution in [0.25, 0.3) is 0 Å². The molecule has 0 fully saturated rings. The van der Waals surface area contributed by atoms with E-state index in [1.807, 2.05) is 42.5 Å². The second kappa shape index (κ2) is 7.39. The van der Waals surface area contributed by atoms with Crippen LogP contribution in [0.1, 0.15) is 35.7 Å². The summed E-state index contributed by atoms with van der Waals surface area (Å²) in [5.74, 6) is 0.332. The quantitative estimate of drug-likeness (QED) is 0.657. The normalized spacial score (nSPS) is 12.1. The average Bonchev–Trinajstić information content (AvgIpc) is 2.49. The summed E-state index contributed by atoms with van der Waals surface area (Å²) in [6, 6.07) is 17.9. The Bertz CT molecular complexity index is 545. The van der Waals surface area contributed by atoms with E-state index in [9.17, 15) is 4.79 Å². The van der Waals surface area contributed by atoms with Crippen molar-refractivity contribution in [2.45, 2.75) is 26.2 Å². The Balaban J connectivity index is 2.14. The number of ketones is 1. The maximum Gasteiger partial charge on any atom is 0.166 e. The monoisotopic (exact) mass is 330 g/mol. The first kappa shape index (κ1) is 15.0. The minimum Gasteiger partial charge on any atom is -0.294 e. The van der Waals surface area contributed by atoms with E-state index in [1.54, 1.807) is 0 Å². The molecule has 1 unspecified atom stereocenters. The molecule has 2 aromatic carbocycles. The van der Waals surface area contributed by atoms with E-state index in [2.05, 4.69) is 35.0 Å². The molecule has 1 atom stereocenters. The van der Waals surface area contributed by atoms with E-state index in [0.717, 1.165) is 29.3 Å². The predicted molar refractivity (Wildman–Crippen MR) is 87.0 cm³/mol. The lowest BCUT2D eigenvalue weighted by Gasteiger charge is -2.15. The lowest BCUT2D eigenvalue weighted by atomic mass is 9.88. The van der Waals surface area contributed by atoms with Crippen LogP contribution in [0.15, 0.2) is 59.1 Å². The number of Topliss-reactive ketones (excluding diaryl/α,β-unsaturated/α-hetero) is 1. The highest BCUT2D eigenvalue weighted by atomic mass is 79.9. The van der Waals surface area contributed by atoms with Gasteiger partial charge in [-0.1, -0.05) is 71.7 Å². The number of hydrogen-bond donors (Lipinski definition) is 0. The molecular formula is C18H19BrO. The van der Waals surface area contributed by atoms with Gasteiger partial charge in [-0.15, -0.1) is 0 Å². The molecule has 0 aliphatic heterocycles. The lowest BCUT2D eigenvalue weighted by Crippen LogP contribution is -2.17. The maximum absolute atomic E-state index is 12.6. The fourth-order valence-electron chi connectivity index (χ4n) is 2.42. The van der Waals surface area contributed by atoms with Gasteiger partial charge in [0.1, 0.15) is 0 Å². The Morgan fingerprint density at radius 2 is 1.70 bits per heavy atom. The minimum absolute atomic E-state index is 0.0728. The van der Waals surface area contributed by atoms with Crippen molar-refractivity contribution in [2.24, 2.45) is 5.92 Å². The molecule has 104 valence electrons. The standard InChI is InChI=1S/C18H19BrO/c1-2-6-16(13-14-9-11-17(19)12-10-14)18(20)15-7-4-3-5-8-15/h3-5,7-12,16H,2,6,13H2,1H3. The molecule has 0 bridgehead atoms. The zero-order valence-corrected chi connectivity index (χ0v) is 13.3. The molecule has 0 aliphatic rings. The van der Waals surface area contributed by atoms with E-state index in [0.29, 0.717) is 0 Å². The van der Waals surface area contributed by atoms with Crippen LogP contribution in [-0.2, 0) is 6.42 Å². The fourth-order valence-corrected chi connectivity index (χ4v) is 2.68. The van der Waals surface area contributed by atoms with Gasteiger partial charge in [-0.05, 0) is 30.5 Å². The Morgan fingerprint density at radius 3 is 2.30 bits per heavy atom. The van der Waals surface area contributed by atoms with Crippen LogP contribution in [0.2, 0.25) is 0 Å². The first-order valence-electron chi connectivity index (χ1n) is 7.04. The van der Waals surface area contributed by atoms with Crippen molar-refractivity contribution < 1.29 is 4.79 Å². The molecule has 2 heteroatoms. The van der Waals surface area contributed by atoms with E-state index < -0.39 is 0 Å². The summed E-state index contributed by atoms with van der Waals surface area (Å²) in [6.07, 6.45) is 2.78. The number of carbonyl (C=O) groups excluding carboxylic acids is 1. The first-order chi connectivity index (χ1) is 9.70. The van der Waals surface area contributed by atoms with Crippen molar-refractivity contribution in [3.63, 3.8) is 0 Å². The maximum atomic E-state index is 12.6. The second-order valence-electron chi connectivity index (χ2n) is 5.05. The van der Waals surface area contributed by atoms with Crippen LogP contribution in [0.4, 0.5) is 0 Å². The summed E-state index contributed by atoms with van der Waals surface area (Å²) >= 11 is 3.44. The number of hydrogen-bond acceptors (Lipinski definition) is 1. The second-order valence-corrected chi connectivity index (χ2v) is 5.96. The van der Waals surface area contributed by atoms with Gasteiger partial charge in [0, 0.05) is 16.0 Å². The zero-order valence-electron chi connectivity index (χ0n) is 11.7. The molecule has 0 spiro atoms. The molecule has 0 amide bonds. The van der Waals surface area contributed by atoms with Crippen LogP contribution >= 0.6 is 15.9 Å². The van der Waals surface area contributed by atoms with E-state index in [-0.39, 0.29) is 11.7 Å². The molecule has 0 aromatic heterocycles. The molecule has 2 aromatic rings. The van der Waals surface area contributed by atoms with Gasteiger partial charge in [0.25, 0.3) is 0 Å². The average molecular weight is 331 g/mol. The van der Waals surface area contributed by atoms with Gasteiger partial charge in [-0.2, -0.15) is 0 Å². The van der Waals surface area contributed by atoms with E-state index in [1.165, 1.54) is 5.56 Å². The minimum atomic E-state index is 0.0728. The summed E-state index contributed by atoms with van der Waals surface area (Å²) in [4.78, 5) is 12.6. The molecule has 0 saturated carbocycles. The molecule has 0 saturated heterocycles. The summed E-state index contributed by atoms with van der Waals surface area (Å²) in [6.45, 7) is 2.13. The summed E-state index contributed by atoms with van der Waals surface area (Å²) in [7, 11) is 0. The number of halogens is 1. The SMILES string of the molecule is CCCC(Cc1ccc(Br)cc1)C(=O)c1ccccc1. The molecule has 1 nitrogen and oxygen atoms in total. The van der Waals surface area contributed by atoms with Crippen LogP contribution in [-0.4, -0.2) is 5.78 Å². The van der Waals surface area contributed by atoms with Gasteiger partial charge in [-0.3, -0.25) is 4.79 Å². The van der Waals surface area contributed by atoms with Crippen molar-refractivity contribution in [2.75, 3.05) is 0 Å². The molecule has 2 rings (SSSR count). The van der Waals surface area contributed by atoms with Crippen LogP contribution in [0.3, 0.4) is 0 Å². The third-order valence-electron chi connectivity index (χ3n) is 3.46. The van der Waals surface area contributed by atoms with Crippen molar-refractivity contribution >= 4 is 21.7 Å². The van der Waals surface area contributed by atoms with E-state index in [4.69, 9.17) is 0 Å². The molecular weight excluding hydrogens is 312 g/mol. The molecule has 0 aliphatic carbocycles. The highest BCUT2D eigenvalue weighted by molar-refractivity contribution is 9.10. The molecule has 0 N–H and O–H groups in total. The first-order valence-corrected chi connectivity index (χ1v) is 7.83. The van der Waals surface area contributed by atoms with Gasteiger partial charge in [0.2, 0.25) is 0 Å². The number of carbonyl (C=O) groups is 1. The largest absolute Gasteiger partial charge is 0.294 e. The smallest absolute Gasteiger partial charge is 0.166 e. The summed E-state index contributed by atoms with van der Waals surface area (Å²) < 4.78 is 1.07. The third-order valence-corrected chi connectivity index (χ3v) is 3.99. The highest BCUT2D eigenvalue weighted by Crippen LogP contribution is 2.21. The van der Waals surface area contributed by atoms with Crippen molar-refractivity contribution in [1.82, 2.24) is 0 Å². The molecule has 20 heavy (non-hydrogen) atoms. The van der Waals surface area contributed by atoms with Gasteiger partial charge in [-0.25, -0.2) is 0 Å². The van der Waals surface area contributed by atoms with Gasteiger partial charge < -0.3 is 0 Å². The Labute approximate surface area is 129 Å². The van der Waals surface area contributed by atoms with Gasteiger partial charge >= 0.3 is 0 Å². The van der Waals surface area contributed by atoms with Crippen LogP contribution in [0, 0.1) is 5.92 Å². The van der Waals surface area contributed by atoms with E-state index >= 15 is 0 Å². The molecule has 0 heterocycles. The summed E-state index contributed by atoms with van der Waals surface area (Å²) in [5, 5.41) is 0.